The first-order chi connectivity index (χ1) is 9.31. The van der Waals surface area contributed by atoms with Crippen molar-refractivity contribution < 1.29 is 4.74 Å². The topological polar surface area (TPSA) is 64.0 Å². The van der Waals surface area contributed by atoms with Gasteiger partial charge >= 0.3 is 0 Å². The van der Waals surface area contributed by atoms with Crippen molar-refractivity contribution in [2.24, 2.45) is 0 Å². The van der Waals surface area contributed by atoms with Gasteiger partial charge in [-0.3, -0.25) is 0 Å². The van der Waals surface area contributed by atoms with E-state index in [1.54, 1.807) is 17.5 Å². The summed E-state index contributed by atoms with van der Waals surface area (Å²) in [6.45, 7) is 2.92. The molecule has 0 bridgehead atoms. The van der Waals surface area contributed by atoms with Crippen molar-refractivity contribution >= 4 is 28.9 Å². The number of halogens is 1. The second-order valence-corrected chi connectivity index (χ2v) is 5.34. The molecule has 0 spiro atoms. The first-order valence-electron chi connectivity index (χ1n) is 5.93. The lowest BCUT2D eigenvalue weighted by atomic mass is 10.4. The zero-order valence-electron chi connectivity index (χ0n) is 10.1. The minimum atomic E-state index is 0.225. The summed E-state index contributed by atoms with van der Waals surface area (Å²) in [4.78, 5) is 19.1. The van der Waals surface area contributed by atoms with Crippen LogP contribution in [0.2, 0.25) is 5.28 Å². The number of morpholine rings is 1. The van der Waals surface area contributed by atoms with Crippen molar-refractivity contribution in [3.8, 4) is 0 Å². The van der Waals surface area contributed by atoms with Crippen LogP contribution in [0.1, 0.15) is 10.8 Å². The minimum Gasteiger partial charge on any atom is -0.378 e. The van der Waals surface area contributed by atoms with Crippen molar-refractivity contribution in [2.45, 2.75) is 6.42 Å². The second-order valence-electron chi connectivity index (χ2n) is 4.02. The number of rotatable bonds is 3. The molecule has 0 aromatic carbocycles. The van der Waals surface area contributed by atoms with E-state index < -0.39 is 0 Å². The molecule has 0 amide bonds. The molecule has 0 aliphatic carbocycles. The molecule has 1 aliphatic rings. The zero-order chi connectivity index (χ0) is 13.1. The fourth-order valence-electron chi connectivity index (χ4n) is 1.84. The number of hydrogen-bond acceptors (Lipinski definition) is 7. The monoisotopic (exact) mass is 297 g/mol. The van der Waals surface area contributed by atoms with E-state index in [0.29, 0.717) is 31.4 Å². The molecule has 100 valence electrons. The summed E-state index contributed by atoms with van der Waals surface area (Å²) in [5, 5.41) is 3.12. The molecule has 0 atom stereocenters. The molecule has 8 heteroatoms. The first-order valence-corrected chi connectivity index (χ1v) is 7.18. The van der Waals surface area contributed by atoms with Gasteiger partial charge in [0.2, 0.25) is 11.2 Å². The highest BCUT2D eigenvalue weighted by Gasteiger charge is 2.16. The molecule has 6 nitrogen and oxygen atoms in total. The van der Waals surface area contributed by atoms with Crippen LogP contribution in [-0.2, 0) is 11.2 Å². The Bertz CT molecular complexity index is 544. The van der Waals surface area contributed by atoms with Gasteiger partial charge < -0.3 is 9.64 Å². The Labute approximate surface area is 119 Å². The van der Waals surface area contributed by atoms with Gasteiger partial charge in [-0.1, -0.05) is 0 Å². The largest absolute Gasteiger partial charge is 0.378 e. The van der Waals surface area contributed by atoms with E-state index in [1.807, 2.05) is 5.38 Å². The fourth-order valence-corrected chi connectivity index (χ4v) is 2.62. The summed E-state index contributed by atoms with van der Waals surface area (Å²) in [6, 6.07) is 0. The molecule has 3 rings (SSSR count). The molecule has 0 radical (unpaired) electrons. The van der Waals surface area contributed by atoms with E-state index in [4.69, 9.17) is 16.3 Å². The minimum absolute atomic E-state index is 0.225. The third-order valence-electron chi connectivity index (χ3n) is 2.73. The molecule has 1 fully saturated rings. The Morgan fingerprint density at radius 3 is 2.84 bits per heavy atom. The van der Waals surface area contributed by atoms with E-state index in [9.17, 15) is 0 Å². The highest BCUT2D eigenvalue weighted by atomic mass is 35.5. The quantitative estimate of drug-likeness (QED) is 0.853. The molecule has 2 aromatic heterocycles. The summed E-state index contributed by atoms with van der Waals surface area (Å²) < 4.78 is 5.31. The number of anilines is 1. The molecule has 0 unspecified atom stereocenters. The highest BCUT2D eigenvalue weighted by molar-refractivity contribution is 7.09. The molecule has 19 heavy (non-hydrogen) atoms. The van der Waals surface area contributed by atoms with Gasteiger partial charge in [-0.15, -0.1) is 11.3 Å². The summed E-state index contributed by atoms with van der Waals surface area (Å²) in [5.41, 5.74) is 0. The Hall–Kier alpha value is -1.31. The summed E-state index contributed by atoms with van der Waals surface area (Å²) in [6.07, 6.45) is 2.35. The summed E-state index contributed by atoms with van der Waals surface area (Å²) in [5.74, 6) is 1.27. The van der Waals surface area contributed by atoms with Crippen LogP contribution >= 0.6 is 22.9 Å². The third kappa shape index (κ3) is 3.17. The third-order valence-corrected chi connectivity index (χ3v) is 3.68. The summed E-state index contributed by atoms with van der Waals surface area (Å²) in [7, 11) is 0. The highest BCUT2D eigenvalue weighted by Crippen LogP contribution is 2.15. The van der Waals surface area contributed by atoms with Gasteiger partial charge in [0.05, 0.1) is 19.6 Å². The lowest BCUT2D eigenvalue weighted by Crippen LogP contribution is -2.37. The van der Waals surface area contributed by atoms with Gasteiger partial charge in [0, 0.05) is 24.7 Å². The average molecular weight is 298 g/mol. The number of ether oxygens (including phenoxy) is 1. The lowest BCUT2D eigenvalue weighted by Gasteiger charge is -2.26. The van der Waals surface area contributed by atoms with Crippen LogP contribution in [0.3, 0.4) is 0 Å². The maximum atomic E-state index is 5.97. The number of aromatic nitrogens is 4. The van der Waals surface area contributed by atoms with E-state index in [0.717, 1.165) is 18.1 Å². The van der Waals surface area contributed by atoms with E-state index in [2.05, 4.69) is 24.8 Å². The molecule has 0 saturated carbocycles. The van der Waals surface area contributed by atoms with Crippen LogP contribution in [0.25, 0.3) is 0 Å². The van der Waals surface area contributed by atoms with E-state index in [1.165, 1.54) is 0 Å². The Balaban J connectivity index is 1.82. The van der Waals surface area contributed by atoms with E-state index >= 15 is 0 Å². The maximum Gasteiger partial charge on any atom is 0.230 e. The van der Waals surface area contributed by atoms with Crippen molar-refractivity contribution in [1.82, 2.24) is 19.9 Å². The molecule has 1 saturated heterocycles. The van der Waals surface area contributed by atoms with Gasteiger partial charge in [0.15, 0.2) is 0 Å². The predicted molar refractivity (Wildman–Crippen MR) is 72.8 cm³/mol. The van der Waals surface area contributed by atoms with Crippen molar-refractivity contribution in [1.29, 1.82) is 0 Å². The van der Waals surface area contributed by atoms with Gasteiger partial charge in [-0.05, 0) is 11.6 Å². The molecule has 1 aliphatic heterocycles. The molecule has 0 N–H and O–H groups in total. The van der Waals surface area contributed by atoms with Crippen LogP contribution in [0.5, 0.6) is 0 Å². The van der Waals surface area contributed by atoms with Gasteiger partial charge in [-0.25, -0.2) is 9.97 Å². The molecule has 3 heterocycles. The van der Waals surface area contributed by atoms with Gasteiger partial charge in [0.25, 0.3) is 0 Å². The maximum absolute atomic E-state index is 5.97. The Kier molecular flexibility index (Phi) is 3.86. The van der Waals surface area contributed by atoms with Crippen molar-refractivity contribution in [3.05, 3.63) is 27.7 Å². The molecular formula is C11H12ClN5OS. The first kappa shape index (κ1) is 12.7. The summed E-state index contributed by atoms with van der Waals surface area (Å²) >= 11 is 7.55. The van der Waals surface area contributed by atoms with Crippen molar-refractivity contribution in [3.63, 3.8) is 0 Å². The standard InChI is InChI=1S/C11H12ClN5OS/c12-10-14-8(7-9-13-1-6-19-9)15-11(16-10)17-2-4-18-5-3-17/h1,6H,2-5,7H2. The lowest BCUT2D eigenvalue weighted by molar-refractivity contribution is 0.122. The van der Waals surface area contributed by atoms with Crippen LogP contribution in [-0.4, -0.2) is 46.2 Å². The van der Waals surface area contributed by atoms with E-state index in [-0.39, 0.29) is 5.28 Å². The number of hydrogen-bond donors (Lipinski definition) is 0. The van der Waals surface area contributed by atoms with Crippen LogP contribution in [0.15, 0.2) is 11.6 Å². The van der Waals surface area contributed by atoms with Crippen LogP contribution in [0.4, 0.5) is 5.95 Å². The van der Waals surface area contributed by atoms with Gasteiger partial charge in [-0.2, -0.15) is 9.97 Å². The van der Waals surface area contributed by atoms with Crippen molar-refractivity contribution in [2.75, 3.05) is 31.2 Å². The fraction of sp³-hybridized carbons (Fsp3) is 0.455. The number of nitrogens with zero attached hydrogens (tertiary/aromatic N) is 5. The smallest absolute Gasteiger partial charge is 0.230 e. The second kappa shape index (κ2) is 5.77. The Morgan fingerprint density at radius 2 is 2.11 bits per heavy atom. The van der Waals surface area contributed by atoms with Crippen LogP contribution in [0, 0.1) is 0 Å². The van der Waals surface area contributed by atoms with Crippen LogP contribution < -0.4 is 4.90 Å². The predicted octanol–water partition coefficient (Wildman–Crippen LogP) is 1.41. The number of thiazole rings is 1. The zero-order valence-corrected chi connectivity index (χ0v) is 11.7. The normalized spacial score (nSPS) is 15.7. The molecule has 2 aromatic rings. The SMILES string of the molecule is Clc1nc(Cc2nccs2)nc(N2CCOCC2)n1. The van der Waals surface area contributed by atoms with Gasteiger partial charge in [0.1, 0.15) is 10.8 Å². The average Bonchev–Trinajstić information content (AvgIpc) is 2.92. The Morgan fingerprint density at radius 1 is 1.26 bits per heavy atom. The molecular weight excluding hydrogens is 286 g/mol.